The van der Waals surface area contributed by atoms with Crippen molar-refractivity contribution in [1.82, 2.24) is 15.0 Å². The first-order valence-corrected chi connectivity index (χ1v) is 12.2. The van der Waals surface area contributed by atoms with E-state index in [9.17, 15) is 0 Å². The van der Waals surface area contributed by atoms with Crippen molar-refractivity contribution >= 4 is 40.0 Å². The molecule has 1 aliphatic heterocycles. The lowest BCUT2D eigenvalue weighted by Gasteiger charge is -2.32. The molecule has 32 heavy (non-hydrogen) atoms. The maximum atomic E-state index is 6.15. The maximum Gasteiger partial charge on any atom is 0.225 e. The number of nitrogens with zero attached hydrogens (tertiary/aromatic N) is 4. The van der Waals surface area contributed by atoms with Gasteiger partial charge >= 0.3 is 0 Å². The predicted molar refractivity (Wildman–Crippen MR) is 133 cm³/mol. The van der Waals surface area contributed by atoms with Gasteiger partial charge in [-0.25, -0.2) is 4.98 Å². The van der Waals surface area contributed by atoms with Crippen molar-refractivity contribution in [2.45, 2.75) is 64.0 Å². The Kier molecular flexibility index (Phi) is 6.30. The Balaban J connectivity index is 1.27. The van der Waals surface area contributed by atoms with E-state index in [-0.39, 0.29) is 0 Å². The van der Waals surface area contributed by atoms with Gasteiger partial charge in [-0.05, 0) is 76.1 Å². The van der Waals surface area contributed by atoms with Crippen molar-refractivity contribution in [3.63, 3.8) is 0 Å². The minimum absolute atomic E-state index is 0.361. The number of piperidine rings is 1. The first-order valence-electron chi connectivity index (χ1n) is 11.8. The summed E-state index contributed by atoms with van der Waals surface area (Å²) >= 11 is 6.15. The van der Waals surface area contributed by atoms with E-state index in [4.69, 9.17) is 21.6 Å². The monoisotopic (exact) mass is 450 g/mol. The average molecular weight is 451 g/mol. The van der Waals surface area contributed by atoms with Gasteiger partial charge in [0.05, 0.1) is 5.52 Å². The lowest BCUT2D eigenvalue weighted by Crippen LogP contribution is -2.35. The van der Waals surface area contributed by atoms with Gasteiger partial charge in [-0.2, -0.15) is 4.98 Å². The van der Waals surface area contributed by atoms with Crippen LogP contribution in [-0.2, 0) is 0 Å². The summed E-state index contributed by atoms with van der Waals surface area (Å²) in [4.78, 5) is 16.4. The van der Waals surface area contributed by atoms with Crippen LogP contribution in [-0.4, -0.2) is 40.1 Å². The Bertz CT molecular complexity index is 1080. The molecule has 1 aromatic carbocycles. The van der Waals surface area contributed by atoms with Gasteiger partial charge in [0.25, 0.3) is 0 Å². The molecule has 168 valence electrons. The minimum atomic E-state index is 0.361. The fourth-order valence-corrected chi connectivity index (χ4v) is 5.17. The Labute approximate surface area is 194 Å². The van der Waals surface area contributed by atoms with E-state index >= 15 is 0 Å². The molecule has 0 amide bonds. The number of aromatic nitrogens is 3. The Morgan fingerprint density at radius 2 is 1.75 bits per heavy atom. The molecular weight excluding hydrogens is 420 g/mol. The molecule has 6 nitrogen and oxygen atoms in total. The summed E-state index contributed by atoms with van der Waals surface area (Å²) in [5.41, 5.74) is 3.07. The van der Waals surface area contributed by atoms with Gasteiger partial charge < -0.3 is 15.5 Å². The molecular formula is C25H31ClN6. The molecule has 5 rings (SSSR count). The highest BCUT2D eigenvalue weighted by molar-refractivity contribution is 6.31. The number of aryl methyl sites for hydroxylation is 1. The zero-order chi connectivity index (χ0) is 21.9. The van der Waals surface area contributed by atoms with E-state index < -0.39 is 0 Å². The molecule has 3 heterocycles. The lowest BCUT2D eigenvalue weighted by atomic mass is 9.90. The number of hydrogen-bond acceptors (Lipinski definition) is 6. The molecule has 7 heteroatoms. The van der Waals surface area contributed by atoms with Gasteiger partial charge in [-0.3, -0.25) is 4.98 Å². The SMILES string of the molecule is Cc1cc(N2CCCCC2)nc(NC2CCCC(Nc3ccnc4cc(Cl)ccc34)C2)n1. The molecule has 1 saturated carbocycles. The lowest BCUT2D eigenvalue weighted by molar-refractivity contribution is 0.426. The normalized spacial score (nSPS) is 21.5. The number of nitrogens with one attached hydrogen (secondary N) is 2. The number of anilines is 3. The summed E-state index contributed by atoms with van der Waals surface area (Å²) in [7, 11) is 0. The van der Waals surface area contributed by atoms with Crippen LogP contribution < -0.4 is 15.5 Å². The van der Waals surface area contributed by atoms with E-state index in [1.807, 2.05) is 24.4 Å². The molecule has 2 unspecified atom stereocenters. The third-order valence-electron chi connectivity index (χ3n) is 6.59. The fraction of sp³-hybridized carbons (Fsp3) is 0.480. The first-order chi connectivity index (χ1) is 15.6. The van der Waals surface area contributed by atoms with Gasteiger partial charge in [0.1, 0.15) is 5.82 Å². The van der Waals surface area contributed by atoms with Crippen LogP contribution in [0.15, 0.2) is 36.5 Å². The van der Waals surface area contributed by atoms with E-state index in [0.29, 0.717) is 17.1 Å². The summed E-state index contributed by atoms with van der Waals surface area (Å²) in [6.07, 6.45) is 10.2. The molecule has 2 atom stereocenters. The zero-order valence-electron chi connectivity index (χ0n) is 18.6. The van der Waals surface area contributed by atoms with Crippen LogP contribution in [0.4, 0.5) is 17.5 Å². The second-order valence-electron chi connectivity index (χ2n) is 9.11. The summed E-state index contributed by atoms with van der Waals surface area (Å²) < 4.78 is 0. The highest BCUT2D eigenvalue weighted by Crippen LogP contribution is 2.29. The number of fused-ring (bicyclic) bond motifs is 1. The average Bonchev–Trinajstić information content (AvgIpc) is 2.79. The van der Waals surface area contributed by atoms with Crippen LogP contribution >= 0.6 is 11.6 Å². The second-order valence-corrected chi connectivity index (χ2v) is 9.54. The van der Waals surface area contributed by atoms with E-state index in [1.54, 1.807) is 0 Å². The molecule has 0 spiro atoms. The maximum absolute atomic E-state index is 6.15. The molecule has 1 saturated heterocycles. The summed E-state index contributed by atoms with van der Waals surface area (Å²) in [5.74, 6) is 1.83. The van der Waals surface area contributed by atoms with Gasteiger partial charge in [0, 0.05) is 59.2 Å². The third kappa shape index (κ3) is 4.90. The molecule has 1 aliphatic carbocycles. The summed E-state index contributed by atoms with van der Waals surface area (Å²) in [6.45, 7) is 4.25. The third-order valence-corrected chi connectivity index (χ3v) is 6.83. The highest BCUT2D eigenvalue weighted by atomic mass is 35.5. The molecule has 0 bridgehead atoms. The first kappa shape index (κ1) is 21.3. The topological polar surface area (TPSA) is 66.0 Å². The van der Waals surface area contributed by atoms with Crippen molar-refractivity contribution < 1.29 is 0 Å². The van der Waals surface area contributed by atoms with Crippen LogP contribution in [0.3, 0.4) is 0 Å². The smallest absolute Gasteiger partial charge is 0.225 e. The van der Waals surface area contributed by atoms with Gasteiger partial charge in [0.15, 0.2) is 0 Å². The Morgan fingerprint density at radius 3 is 2.59 bits per heavy atom. The van der Waals surface area contributed by atoms with Crippen molar-refractivity contribution in [2.75, 3.05) is 28.6 Å². The van der Waals surface area contributed by atoms with Crippen molar-refractivity contribution in [1.29, 1.82) is 0 Å². The number of benzene rings is 1. The van der Waals surface area contributed by atoms with Crippen molar-refractivity contribution in [2.24, 2.45) is 0 Å². The molecule has 2 aromatic heterocycles. The number of rotatable bonds is 5. The fourth-order valence-electron chi connectivity index (χ4n) is 5.00. The molecule has 0 radical (unpaired) electrons. The predicted octanol–water partition coefficient (Wildman–Crippen LogP) is 5.81. The van der Waals surface area contributed by atoms with Crippen LogP contribution in [0.1, 0.15) is 50.6 Å². The molecule has 2 aliphatic rings. The van der Waals surface area contributed by atoms with Crippen LogP contribution in [0.25, 0.3) is 10.9 Å². The molecule has 3 aromatic rings. The quantitative estimate of drug-likeness (QED) is 0.511. The Hall–Kier alpha value is -2.60. The summed E-state index contributed by atoms with van der Waals surface area (Å²) in [6, 6.07) is 10.8. The van der Waals surface area contributed by atoms with Gasteiger partial charge in [0.2, 0.25) is 5.95 Å². The highest BCUT2D eigenvalue weighted by Gasteiger charge is 2.24. The minimum Gasteiger partial charge on any atom is -0.382 e. The molecule has 2 N–H and O–H groups in total. The van der Waals surface area contributed by atoms with Crippen LogP contribution in [0.2, 0.25) is 5.02 Å². The van der Waals surface area contributed by atoms with E-state index in [2.05, 4.69) is 39.6 Å². The van der Waals surface area contributed by atoms with E-state index in [0.717, 1.165) is 66.4 Å². The van der Waals surface area contributed by atoms with Crippen LogP contribution in [0.5, 0.6) is 0 Å². The summed E-state index contributed by atoms with van der Waals surface area (Å²) in [5, 5.41) is 9.23. The van der Waals surface area contributed by atoms with Gasteiger partial charge in [-0.15, -0.1) is 0 Å². The number of halogens is 1. The van der Waals surface area contributed by atoms with Crippen molar-refractivity contribution in [3.8, 4) is 0 Å². The Morgan fingerprint density at radius 1 is 0.938 bits per heavy atom. The van der Waals surface area contributed by atoms with E-state index in [1.165, 1.54) is 25.7 Å². The number of pyridine rings is 1. The molecule has 2 fully saturated rings. The van der Waals surface area contributed by atoms with Crippen molar-refractivity contribution in [3.05, 3.63) is 47.2 Å². The zero-order valence-corrected chi connectivity index (χ0v) is 19.4. The second kappa shape index (κ2) is 9.49. The van der Waals surface area contributed by atoms with Gasteiger partial charge in [-0.1, -0.05) is 11.6 Å². The number of hydrogen-bond donors (Lipinski definition) is 2. The largest absolute Gasteiger partial charge is 0.382 e. The standard InChI is InChI=1S/C25H31ClN6/c1-17-14-24(32-12-3-2-4-13-32)31-25(28-17)30-20-7-5-6-19(16-20)29-22-10-11-27-23-15-18(26)8-9-21(22)23/h8-11,14-15,19-20H,2-7,12-13,16H2,1H3,(H,27,29)(H,28,30,31). The van der Waals surface area contributed by atoms with Crippen LogP contribution in [0, 0.1) is 6.92 Å².